The highest BCUT2D eigenvalue weighted by atomic mass is 32.1. The zero-order chi connectivity index (χ0) is 24.6. The lowest BCUT2D eigenvalue weighted by atomic mass is 10.1. The van der Waals surface area contributed by atoms with Crippen LogP contribution < -0.4 is 9.47 Å². The van der Waals surface area contributed by atoms with Crippen molar-refractivity contribution >= 4 is 17.3 Å². The number of thiazole rings is 1. The summed E-state index contributed by atoms with van der Waals surface area (Å²) in [6, 6.07) is 10.0. The third kappa shape index (κ3) is 5.65. The number of halogens is 3. The molecule has 1 atom stereocenters. The average Bonchev–Trinajstić information content (AvgIpc) is 3.11. The maximum Gasteiger partial charge on any atom is 0.416 e. The predicted molar refractivity (Wildman–Crippen MR) is 120 cm³/mol. The number of aromatic nitrogens is 1. The fourth-order valence-electron chi connectivity index (χ4n) is 3.10. The Bertz CT molecular complexity index is 1150. The van der Waals surface area contributed by atoms with Crippen LogP contribution in [0.4, 0.5) is 13.2 Å². The quantitative estimate of drug-likeness (QED) is 0.402. The number of hydrogen-bond acceptors (Lipinski definition) is 5. The van der Waals surface area contributed by atoms with Gasteiger partial charge in [0, 0.05) is 5.56 Å². The second-order valence-electron chi connectivity index (χ2n) is 8.15. The van der Waals surface area contributed by atoms with Crippen LogP contribution in [0.2, 0.25) is 0 Å². The number of aryl methyl sites for hydroxylation is 2. The zero-order valence-electron chi connectivity index (χ0n) is 18.8. The van der Waals surface area contributed by atoms with Crippen LogP contribution in [0.15, 0.2) is 42.5 Å². The predicted octanol–water partition coefficient (Wildman–Crippen LogP) is 6.83. The van der Waals surface area contributed by atoms with Crippen LogP contribution in [0, 0.1) is 13.8 Å². The summed E-state index contributed by atoms with van der Waals surface area (Å²) in [5, 5.41) is 9.86. The van der Waals surface area contributed by atoms with Crippen molar-refractivity contribution in [2.24, 2.45) is 0 Å². The summed E-state index contributed by atoms with van der Waals surface area (Å²) < 4.78 is 50.1. The molecule has 0 saturated carbocycles. The van der Waals surface area contributed by atoms with Gasteiger partial charge in [-0.1, -0.05) is 12.1 Å². The molecule has 33 heavy (non-hydrogen) atoms. The van der Waals surface area contributed by atoms with E-state index >= 15 is 0 Å². The first-order chi connectivity index (χ1) is 15.3. The van der Waals surface area contributed by atoms with Gasteiger partial charge in [-0.2, -0.15) is 13.2 Å². The van der Waals surface area contributed by atoms with Crippen molar-refractivity contribution in [3.63, 3.8) is 0 Å². The van der Waals surface area contributed by atoms with Crippen LogP contribution in [-0.4, -0.2) is 21.7 Å². The molecule has 1 aromatic heterocycles. The van der Waals surface area contributed by atoms with Gasteiger partial charge in [0.15, 0.2) is 5.60 Å². The summed E-state index contributed by atoms with van der Waals surface area (Å²) in [6.45, 7) is 8.44. The molecule has 176 valence electrons. The smallest absolute Gasteiger partial charge is 0.416 e. The Kier molecular flexibility index (Phi) is 6.74. The topological polar surface area (TPSA) is 68.7 Å². The minimum absolute atomic E-state index is 0.354. The van der Waals surface area contributed by atoms with Crippen molar-refractivity contribution in [3.05, 3.63) is 64.2 Å². The molecule has 2 aromatic carbocycles. The molecule has 1 N–H and O–H groups in total. The second kappa shape index (κ2) is 9.05. The Morgan fingerprint density at radius 3 is 2.27 bits per heavy atom. The summed E-state index contributed by atoms with van der Waals surface area (Å²) in [7, 11) is 0. The van der Waals surface area contributed by atoms with Gasteiger partial charge < -0.3 is 14.6 Å². The van der Waals surface area contributed by atoms with Crippen molar-refractivity contribution in [3.8, 4) is 22.1 Å². The van der Waals surface area contributed by atoms with E-state index in [1.807, 2.05) is 13.8 Å². The molecule has 1 heterocycles. The first-order valence-corrected chi connectivity index (χ1v) is 10.9. The Morgan fingerprint density at radius 2 is 1.73 bits per heavy atom. The molecule has 0 saturated heterocycles. The number of hydrogen-bond donors (Lipinski definition) is 1. The van der Waals surface area contributed by atoms with Crippen LogP contribution in [0.3, 0.4) is 0 Å². The van der Waals surface area contributed by atoms with E-state index in [4.69, 9.17) is 9.47 Å². The molecule has 5 nitrogen and oxygen atoms in total. The molecule has 0 aliphatic rings. The SMILES string of the molecule is Cc1cc(O[C@H](C)c2sc(-c3ccc(C(F)(F)F)cc3)nc2C)ccc1OC(C)(C)C(=O)O. The number of nitrogens with zero attached hydrogens (tertiary/aromatic N) is 1. The molecule has 9 heteroatoms. The van der Waals surface area contributed by atoms with Crippen molar-refractivity contribution in [2.45, 2.75) is 52.5 Å². The van der Waals surface area contributed by atoms with Gasteiger partial charge in [-0.05, 0) is 70.5 Å². The van der Waals surface area contributed by atoms with Crippen LogP contribution in [0.5, 0.6) is 11.5 Å². The van der Waals surface area contributed by atoms with Crippen LogP contribution in [-0.2, 0) is 11.0 Å². The Balaban J connectivity index is 1.76. The number of carboxylic acid groups (broad SMARTS) is 1. The average molecular weight is 480 g/mol. The second-order valence-corrected chi connectivity index (χ2v) is 9.18. The van der Waals surface area contributed by atoms with Crippen LogP contribution in [0.1, 0.15) is 48.6 Å². The largest absolute Gasteiger partial charge is 0.485 e. The molecule has 0 spiro atoms. The maximum atomic E-state index is 12.8. The lowest BCUT2D eigenvalue weighted by Gasteiger charge is -2.23. The fourth-order valence-corrected chi connectivity index (χ4v) is 4.15. The summed E-state index contributed by atoms with van der Waals surface area (Å²) in [6.07, 6.45) is -4.74. The van der Waals surface area contributed by atoms with Gasteiger partial charge in [0.25, 0.3) is 0 Å². The zero-order valence-corrected chi connectivity index (χ0v) is 19.6. The summed E-state index contributed by atoms with van der Waals surface area (Å²) in [4.78, 5) is 16.7. The third-order valence-corrected chi connectivity index (χ3v) is 6.37. The summed E-state index contributed by atoms with van der Waals surface area (Å²) >= 11 is 1.36. The number of benzene rings is 2. The maximum absolute atomic E-state index is 12.8. The molecule has 0 fully saturated rings. The number of rotatable bonds is 7. The highest BCUT2D eigenvalue weighted by Crippen LogP contribution is 2.36. The van der Waals surface area contributed by atoms with Gasteiger partial charge in [0.05, 0.1) is 16.1 Å². The van der Waals surface area contributed by atoms with E-state index in [-0.39, 0.29) is 6.10 Å². The van der Waals surface area contributed by atoms with E-state index in [0.29, 0.717) is 22.1 Å². The van der Waals surface area contributed by atoms with Gasteiger partial charge in [-0.25, -0.2) is 9.78 Å². The van der Waals surface area contributed by atoms with Crippen molar-refractivity contribution in [2.75, 3.05) is 0 Å². The van der Waals surface area contributed by atoms with Crippen molar-refractivity contribution in [1.82, 2.24) is 4.98 Å². The molecule has 0 bridgehead atoms. The Hall–Kier alpha value is -3.07. The standard InChI is InChI=1S/C24H24F3NO4S/c1-13-12-18(10-11-19(13)32-23(4,5)22(29)30)31-15(3)20-14(2)28-21(33-20)16-6-8-17(9-7-16)24(25,26)27/h6-12,15H,1-5H3,(H,29,30)/t15-/m1/s1. The fraction of sp³-hybridized carbons (Fsp3) is 0.333. The number of ether oxygens (including phenoxy) is 2. The molecule has 0 unspecified atom stereocenters. The molecular weight excluding hydrogens is 455 g/mol. The van der Waals surface area contributed by atoms with Gasteiger partial charge in [0.1, 0.15) is 22.6 Å². The molecular formula is C24H24F3NO4S. The normalized spacial score (nSPS) is 13.0. The number of carboxylic acids is 1. The van der Waals surface area contributed by atoms with Gasteiger partial charge >= 0.3 is 12.1 Å². The van der Waals surface area contributed by atoms with Crippen LogP contribution >= 0.6 is 11.3 Å². The molecule has 0 radical (unpaired) electrons. The highest BCUT2D eigenvalue weighted by molar-refractivity contribution is 7.15. The van der Waals surface area contributed by atoms with Crippen molar-refractivity contribution in [1.29, 1.82) is 0 Å². The molecule has 0 aliphatic heterocycles. The Labute approximate surface area is 193 Å². The van der Waals surface area contributed by atoms with E-state index in [1.54, 1.807) is 25.1 Å². The summed E-state index contributed by atoms with van der Waals surface area (Å²) in [5.41, 5.74) is -0.00350. The molecule has 3 aromatic rings. The number of carbonyl (C=O) groups is 1. The van der Waals surface area contributed by atoms with E-state index in [1.165, 1.54) is 37.3 Å². The first-order valence-electron chi connectivity index (χ1n) is 10.1. The molecule has 3 rings (SSSR count). The van der Waals surface area contributed by atoms with Crippen molar-refractivity contribution < 1.29 is 32.5 Å². The monoisotopic (exact) mass is 479 g/mol. The summed E-state index contributed by atoms with van der Waals surface area (Å²) in [5.74, 6) is -0.0503. The van der Waals surface area contributed by atoms with E-state index in [9.17, 15) is 23.1 Å². The number of aliphatic carboxylic acids is 1. The Morgan fingerprint density at radius 1 is 1.09 bits per heavy atom. The van der Waals surface area contributed by atoms with Gasteiger partial charge in [-0.15, -0.1) is 11.3 Å². The lowest BCUT2D eigenvalue weighted by Crippen LogP contribution is -2.38. The third-order valence-electron chi connectivity index (χ3n) is 5.00. The minimum atomic E-state index is -4.38. The van der Waals surface area contributed by atoms with Gasteiger partial charge in [0.2, 0.25) is 0 Å². The first kappa shape index (κ1) is 24.6. The highest BCUT2D eigenvalue weighted by Gasteiger charge is 2.31. The van der Waals surface area contributed by atoms with Gasteiger partial charge in [-0.3, -0.25) is 0 Å². The van der Waals surface area contributed by atoms with E-state index in [0.717, 1.165) is 28.3 Å². The molecule has 0 aliphatic carbocycles. The van der Waals surface area contributed by atoms with Crippen LogP contribution in [0.25, 0.3) is 10.6 Å². The molecule has 0 amide bonds. The van der Waals surface area contributed by atoms with E-state index < -0.39 is 23.3 Å². The van der Waals surface area contributed by atoms with E-state index in [2.05, 4.69) is 4.98 Å². The number of alkyl halides is 3. The lowest BCUT2D eigenvalue weighted by molar-refractivity contribution is -0.152. The minimum Gasteiger partial charge on any atom is -0.485 e.